The molecule has 0 aromatic carbocycles. The van der Waals surface area contributed by atoms with Gasteiger partial charge in [0.15, 0.2) is 0 Å². The zero-order chi connectivity index (χ0) is 5.11. The van der Waals surface area contributed by atoms with E-state index in [4.69, 9.17) is 0 Å². The van der Waals surface area contributed by atoms with E-state index in [1.54, 1.807) is 0 Å². The summed E-state index contributed by atoms with van der Waals surface area (Å²) >= 11 is 2.19. The Bertz CT molecular complexity index is 50.0. The Morgan fingerprint density at radius 3 is 1.86 bits per heavy atom. The SMILES string of the molecule is [Ir][N]1CCCCC1. The van der Waals surface area contributed by atoms with Crippen molar-refractivity contribution in [2.75, 3.05) is 13.1 Å². The first-order valence-electron chi connectivity index (χ1n) is 2.78. The van der Waals surface area contributed by atoms with Gasteiger partial charge in [0.1, 0.15) is 0 Å². The first-order chi connectivity index (χ1) is 3.39. The van der Waals surface area contributed by atoms with Crippen molar-refractivity contribution in [1.82, 2.24) is 3.57 Å². The Labute approximate surface area is 55.5 Å². The van der Waals surface area contributed by atoms with Crippen LogP contribution >= 0.6 is 0 Å². The van der Waals surface area contributed by atoms with Gasteiger partial charge in [0.05, 0.1) is 0 Å². The maximum absolute atomic E-state index is 2.39. The van der Waals surface area contributed by atoms with E-state index in [2.05, 4.69) is 22.7 Å². The van der Waals surface area contributed by atoms with E-state index < -0.39 is 0 Å². The molecule has 2 heteroatoms. The maximum atomic E-state index is 2.39. The van der Waals surface area contributed by atoms with Crippen molar-refractivity contribution in [3.8, 4) is 0 Å². The van der Waals surface area contributed by atoms with Gasteiger partial charge in [0.25, 0.3) is 0 Å². The van der Waals surface area contributed by atoms with E-state index in [0.717, 1.165) is 0 Å². The molecule has 0 atom stereocenters. The predicted molar refractivity (Wildman–Crippen MR) is 25.4 cm³/mol. The number of piperidine rings is 1. The number of rotatable bonds is 0. The van der Waals surface area contributed by atoms with Gasteiger partial charge in [0, 0.05) is 0 Å². The van der Waals surface area contributed by atoms with Crippen LogP contribution in [0.4, 0.5) is 0 Å². The summed E-state index contributed by atoms with van der Waals surface area (Å²) in [4.78, 5) is 0. The summed E-state index contributed by atoms with van der Waals surface area (Å²) in [6.07, 6.45) is 4.28. The van der Waals surface area contributed by atoms with Crippen LogP contribution < -0.4 is 0 Å². The summed E-state index contributed by atoms with van der Waals surface area (Å²) in [5.74, 6) is 0. The minimum atomic E-state index is 1.32. The molecule has 7 heavy (non-hydrogen) atoms. The molecule has 0 unspecified atom stereocenters. The molecule has 0 aromatic rings. The van der Waals surface area contributed by atoms with Gasteiger partial charge >= 0.3 is 55.1 Å². The molecule has 1 aliphatic heterocycles. The summed E-state index contributed by atoms with van der Waals surface area (Å²) < 4.78 is 2.39. The quantitative estimate of drug-likeness (QED) is 0.636. The molecule has 0 saturated carbocycles. The topological polar surface area (TPSA) is 3.24 Å². The van der Waals surface area contributed by atoms with Crippen molar-refractivity contribution >= 4 is 0 Å². The van der Waals surface area contributed by atoms with E-state index in [1.165, 1.54) is 32.4 Å². The van der Waals surface area contributed by atoms with Gasteiger partial charge in [-0.2, -0.15) is 0 Å². The number of hydrogen-bond acceptors (Lipinski definition) is 1. The molecular weight excluding hydrogens is 266 g/mol. The van der Waals surface area contributed by atoms with E-state index in [-0.39, 0.29) is 0 Å². The van der Waals surface area contributed by atoms with Crippen LogP contribution in [-0.4, -0.2) is 16.7 Å². The van der Waals surface area contributed by atoms with Crippen molar-refractivity contribution in [2.24, 2.45) is 0 Å². The third-order valence-electron chi connectivity index (χ3n) is 1.28. The van der Waals surface area contributed by atoms with Crippen LogP contribution in [0.1, 0.15) is 19.3 Å². The fraction of sp³-hybridized carbons (Fsp3) is 1.00. The average molecular weight is 276 g/mol. The molecule has 1 rings (SSSR count). The average Bonchev–Trinajstić information content (AvgIpc) is 1.69. The molecule has 0 amide bonds. The van der Waals surface area contributed by atoms with Gasteiger partial charge in [-0.1, -0.05) is 0 Å². The Morgan fingerprint density at radius 2 is 1.57 bits per heavy atom. The molecule has 1 fully saturated rings. The molecular formula is C5H10IrN. The molecule has 0 radical (unpaired) electrons. The van der Waals surface area contributed by atoms with Gasteiger partial charge < -0.3 is 0 Å². The predicted octanol–water partition coefficient (Wildman–Crippen LogP) is 0.934. The second kappa shape index (κ2) is 2.81. The normalized spacial score (nSPS) is 25.4. The van der Waals surface area contributed by atoms with Crippen LogP contribution in [0.25, 0.3) is 0 Å². The molecule has 0 bridgehead atoms. The molecule has 0 N–H and O–H groups in total. The minimum absolute atomic E-state index is 1.32. The molecule has 0 spiro atoms. The third kappa shape index (κ3) is 1.89. The van der Waals surface area contributed by atoms with Crippen LogP contribution in [0.5, 0.6) is 0 Å². The van der Waals surface area contributed by atoms with Crippen molar-refractivity contribution < 1.29 is 19.1 Å². The van der Waals surface area contributed by atoms with Crippen molar-refractivity contribution in [2.45, 2.75) is 19.3 Å². The molecule has 1 heterocycles. The second-order valence-electron chi connectivity index (χ2n) is 1.94. The first kappa shape index (κ1) is 5.74. The van der Waals surface area contributed by atoms with Crippen LogP contribution in [0.2, 0.25) is 0 Å². The van der Waals surface area contributed by atoms with Crippen LogP contribution in [0, 0.1) is 0 Å². The summed E-state index contributed by atoms with van der Waals surface area (Å²) in [6.45, 7) is 2.64. The number of nitrogens with zero attached hydrogens (tertiary/aromatic N) is 1. The fourth-order valence-corrected chi connectivity index (χ4v) is 1.60. The van der Waals surface area contributed by atoms with Crippen LogP contribution in [0.15, 0.2) is 0 Å². The fourth-order valence-electron chi connectivity index (χ4n) is 0.841. The molecule has 0 aromatic heterocycles. The van der Waals surface area contributed by atoms with Crippen LogP contribution in [-0.2, 0) is 19.1 Å². The summed E-state index contributed by atoms with van der Waals surface area (Å²) in [5.41, 5.74) is 0. The zero-order valence-electron chi connectivity index (χ0n) is 4.32. The Morgan fingerprint density at radius 1 is 1.00 bits per heavy atom. The summed E-state index contributed by atoms with van der Waals surface area (Å²) in [7, 11) is 0. The standard InChI is InChI=1S/C5H10N.Ir/c1-2-4-6-5-3-1;/h1-5H2;/q-1;+1. The Kier molecular flexibility index (Phi) is 2.30. The molecule has 1 saturated heterocycles. The molecule has 1 aliphatic rings. The summed E-state index contributed by atoms with van der Waals surface area (Å²) in [5, 5.41) is 0. The first-order valence-corrected chi connectivity index (χ1v) is 3.85. The van der Waals surface area contributed by atoms with Gasteiger partial charge in [0.2, 0.25) is 0 Å². The van der Waals surface area contributed by atoms with Crippen molar-refractivity contribution in [1.29, 1.82) is 0 Å². The van der Waals surface area contributed by atoms with Gasteiger partial charge in [-0.25, -0.2) is 0 Å². The molecule has 0 aliphatic carbocycles. The van der Waals surface area contributed by atoms with Gasteiger partial charge in [-0.15, -0.1) is 0 Å². The monoisotopic (exact) mass is 277 g/mol. The summed E-state index contributed by atoms with van der Waals surface area (Å²) in [6, 6.07) is 0. The Balaban J connectivity index is 2.12. The molecule has 44 valence electrons. The van der Waals surface area contributed by atoms with Gasteiger partial charge in [-0.05, 0) is 0 Å². The van der Waals surface area contributed by atoms with E-state index in [1.807, 2.05) is 0 Å². The third-order valence-corrected chi connectivity index (χ3v) is 2.35. The Hall–Kier alpha value is 0.609. The van der Waals surface area contributed by atoms with Crippen LogP contribution in [0.3, 0.4) is 0 Å². The molecule has 1 nitrogen and oxygen atoms in total. The van der Waals surface area contributed by atoms with E-state index in [0.29, 0.717) is 0 Å². The van der Waals surface area contributed by atoms with Gasteiger partial charge in [-0.3, -0.25) is 0 Å². The van der Waals surface area contributed by atoms with E-state index >= 15 is 0 Å². The van der Waals surface area contributed by atoms with Crippen molar-refractivity contribution in [3.63, 3.8) is 0 Å². The van der Waals surface area contributed by atoms with E-state index in [9.17, 15) is 0 Å². The zero-order valence-corrected chi connectivity index (χ0v) is 6.71. The van der Waals surface area contributed by atoms with Crippen molar-refractivity contribution in [3.05, 3.63) is 0 Å². The number of hydrogen-bond donors (Lipinski definition) is 0. The second-order valence-corrected chi connectivity index (χ2v) is 3.46.